The Balaban J connectivity index is 1.73. The third-order valence-corrected chi connectivity index (χ3v) is 4.56. The molecule has 1 aromatic heterocycles. The molecule has 3 aromatic carbocycles. The highest BCUT2D eigenvalue weighted by molar-refractivity contribution is 5.67. The molecular weight excluding hydrogens is 360 g/mol. The number of aromatic nitrogens is 1. The summed E-state index contributed by atoms with van der Waals surface area (Å²) in [6.45, 7) is 0.689. The van der Waals surface area contributed by atoms with Crippen LogP contribution >= 0.6 is 0 Å². The molecule has 0 saturated carbocycles. The molecule has 0 fully saturated rings. The van der Waals surface area contributed by atoms with Gasteiger partial charge in [-0.15, -0.1) is 0 Å². The molecule has 0 aliphatic rings. The van der Waals surface area contributed by atoms with Gasteiger partial charge in [-0.3, -0.25) is 4.98 Å². The van der Waals surface area contributed by atoms with Crippen LogP contribution in [-0.2, 0) is 6.54 Å². The summed E-state index contributed by atoms with van der Waals surface area (Å²) in [5.74, 6) is 2.12. The Hall–Kier alpha value is -3.79. The number of benzene rings is 3. The fourth-order valence-corrected chi connectivity index (χ4v) is 3.14. The van der Waals surface area contributed by atoms with E-state index in [1.54, 1.807) is 13.3 Å². The first-order valence-corrected chi connectivity index (χ1v) is 9.46. The van der Waals surface area contributed by atoms with Crippen LogP contribution in [0.15, 0.2) is 103 Å². The van der Waals surface area contributed by atoms with E-state index < -0.39 is 0 Å². The smallest absolute Gasteiger partial charge is 0.171 e. The number of ether oxygens (including phenoxy) is 2. The molecular formula is C25H22N2O2. The maximum Gasteiger partial charge on any atom is 0.171 e. The molecule has 0 bridgehead atoms. The van der Waals surface area contributed by atoms with Gasteiger partial charge in [-0.1, -0.05) is 42.5 Å². The average molecular weight is 382 g/mol. The standard InChI is InChI=1S/C25H22N2O2/c1-28-24-15-14-22(17-25(24)29-23-12-6-3-7-13-23)27(21-10-4-2-5-11-21)19-20-9-8-16-26-18-20/h2-18H,19H2,1H3. The predicted octanol–water partition coefficient (Wildman–Crippen LogP) is 6.22. The fraction of sp³-hybridized carbons (Fsp3) is 0.0800. The van der Waals surface area contributed by atoms with E-state index in [0.29, 0.717) is 18.0 Å². The topological polar surface area (TPSA) is 34.6 Å². The molecule has 0 atom stereocenters. The number of rotatable bonds is 7. The van der Waals surface area contributed by atoms with Crippen LogP contribution in [0.3, 0.4) is 0 Å². The van der Waals surface area contributed by atoms with Crippen molar-refractivity contribution in [2.24, 2.45) is 0 Å². The summed E-state index contributed by atoms with van der Waals surface area (Å²) in [6, 6.07) is 30.0. The highest BCUT2D eigenvalue weighted by atomic mass is 16.5. The van der Waals surface area contributed by atoms with E-state index in [1.807, 2.05) is 79.0 Å². The number of nitrogens with zero attached hydrogens (tertiary/aromatic N) is 2. The third kappa shape index (κ3) is 4.55. The summed E-state index contributed by atoms with van der Waals surface area (Å²) in [6.07, 6.45) is 3.68. The van der Waals surface area contributed by atoms with Gasteiger partial charge < -0.3 is 14.4 Å². The van der Waals surface area contributed by atoms with Crippen molar-refractivity contribution >= 4 is 11.4 Å². The van der Waals surface area contributed by atoms with Gasteiger partial charge in [0.1, 0.15) is 5.75 Å². The van der Waals surface area contributed by atoms with Crippen molar-refractivity contribution in [3.63, 3.8) is 0 Å². The second-order valence-corrected chi connectivity index (χ2v) is 6.53. The lowest BCUT2D eigenvalue weighted by Crippen LogP contribution is -2.16. The molecule has 0 amide bonds. The zero-order valence-corrected chi connectivity index (χ0v) is 16.2. The summed E-state index contributed by atoms with van der Waals surface area (Å²) in [7, 11) is 1.65. The van der Waals surface area contributed by atoms with Crippen molar-refractivity contribution in [2.75, 3.05) is 12.0 Å². The Bertz CT molecular complexity index is 1040. The first-order chi connectivity index (χ1) is 14.3. The Morgan fingerprint density at radius 2 is 1.52 bits per heavy atom. The van der Waals surface area contributed by atoms with Crippen LogP contribution in [0.25, 0.3) is 0 Å². The van der Waals surface area contributed by atoms with Crippen molar-refractivity contribution in [3.8, 4) is 17.2 Å². The quantitative estimate of drug-likeness (QED) is 0.380. The van der Waals surface area contributed by atoms with E-state index in [-0.39, 0.29) is 0 Å². The number of hydrogen-bond acceptors (Lipinski definition) is 4. The lowest BCUT2D eigenvalue weighted by molar-refractivity contribution is 0.379. The number of hydrogen-bond donors (Lipinski definition) is 0. The minimum absolute atomic E-state index is 0.670. The van der Waals surface area contributed by atoms with Crippen molar-refractivity contribution in [1.29, 1.82) is 0 Å². The van der Waals surface area contributed by atoms with Gasteiger partial charge >= 0.3 is 0 Å². The zero-order valence-electron chi connectivity index (χ0n) is 16.2. The molecule has 4 aromatic rings. The van der Waals surface area contributed by atoms with Gasteiger partial charge in [0.05, 0.1) is 7.11 Å². The molecule has 4 rings (SSSR count). The van der Waals surface area contributed by atoms with Crippen molar-refractivity contribution in [2.45, 2.75) is 6.54 Å². The Kier molecular flexibility index (Phi) is 5.72. The number of para-hydroxylation sites is 2. The molecule has 0 aliphatic heterocycles. The lowest BCUT2D eigenvalue weighted by Gasteiger charge is -2.26. The van der Waals surface area contributed by atoms with Crippen molar-refractivity contribution < 1.29 is 9.47 Å². The molecule has 0 unspecified atom stereocenters. The van der Waals surface area contributed by atoms with Gasteiger partial charge in [0.2, 0.25) is 0 Å². The van der Waals surface area contributed by atoms with Crippen LogP contribution in [0, 0.1) is 0 Å². The van der Waals surface area contributed by atoms with Crippen molar-refractivity contribution in [1.82, 2.24) is 4.98 Å². The highest BCUT2D eigenvalue weighted by Gasteiger charge is 2.14. The molecule has 4 heteroatoms. The SMILES string of the molecule is COc1ccc(N(Cc2cccnc2)c2ccccc2)cc1Oc1ccccc1. The lowest BCUT2D eigenvalue weighted by atomic mass is 10.2. The normalized spacial score (nSPS) is 10.4. The van der Waals surface area contributed by atoms with E-state index in [9.17, 15) is 0 Å². The van der Waals surface area contributed by atoms with Crippen molar-refractivity contribution in [3.05, 3.63) is 109 Å². The van der Waals surface area contributed by atoms with E-state index in [0.717, 1.165) is 22.7 Å². The maximum absolute atomic E-state index is 6.11. The molecule has 0 spiro atoms. The highest BCUT2D eigenvalue weighted by Crippen LogP contribution is 2.37. The first kappa shape index (κ1) is 18.6. The second-order valence-electron chi connectivity index (χ2n) is 6.53. The number of pyridine rings is 1. The molecule has 144 valence electrons. The fourth-order valence-electron chi connectivity index (χ4n) is 3.14. The van der Waals surface area contributed by atoms with Crippen LogP contribution in [-0.4, -0.2) is 12.1 Å². The number of anilines is 2. The Morgan fingerprint density at radius 1 is 0.759 bits per heavy atom. The molecule has 0 N–H and O–H groups in total. The minimum Gasteiger partial charge on any atom is -0.493 e. The monoisotopic (exact) mass is 382 g/mol. The van der Waals surface area contributed by atoms with Gasteiger partial charge in [0.25, 0.3) is 0 Å². The molecule has 29 heavy (non-hydrogen) atoms. The first-order valence-electron chi connectivity index (χ1n) is 9.46. The summed E-state index contributed by atoms with van der Waals surface area (Å²) in [4.78, 5) is 6.48. The van der Waals surface area contributed by atoms with Gasteiger partial charge in [-0.25, -0.2) is 0 Å². The van der Waals surface area contributed by atoms with E-state index in [1.165, 1.54) is 0 Å². The van der Waals surface area contributed by atoms with Crippen LogP contribution in [0.1, 0.15) is 5.56 Å². The van der Waals surface area contributed by atoms with Gasteiger partial charge in [0, 0.05) is 36.4 Å². The van der Waals surface area contributed by atoms with Crippen LogP contribution in [0.5, 0.6) is 17.2 Å². The summed E-state index contributed by atoms with van der Waals surface area (Å²) in [5.41, 5.74) is 3.22. The third-order valence-electron chi connectivity index (χ3n) is 4.56. The van der Waals surface area contributed by atoms with Gasteiger partial charge in [0.15, 0.2) is 11.5 Å². The summed E-state index contributed by atoms with van der Waals surface area (Å²) >= 11 is 0. The molecule has 0 aliphatic carbocycles. The van der Waals surface area contributed by atoms with Crippen LogP contribution in [0.2, 0.25) is 0 Å². The minimum atomic E-state index is 0.670. The largest absolute Gasteiger partial charge is 0.493 e. The molecule has 0 radical (unpaired) electrons. The van der Waals surface area contributed by atoms with Gasteiger partial charge in [-0.2, -0.15) is 0 Å². The molecule has 4 nitrogen and oxygen atoms in total. The van der Waals surface area contributed by atoms with Crippen LogP contribution in [0.4, 0.5) is 11.4 Å². The second kappa shape index (κ2) is 8.93. The zero-order chi connectivity index (χ0) is 19.9. The van der Waals surface area contributed by atoms with E-state index in [4.69, 9.17) is 9.47 Å². The predicted molar refractivity (Wildman–Crippen MR) is 116 cm³/mol. The maximum atomic E-state index is 6.11. The van der Waals surface area contributed by atoms with E-state index in [2.05, 4.69) is 28.1 Å². The number of methoxy groups -OCH3 is 1. The summed E-state index contributed by atoms with van der Waals surface area (Å²) < 4.78 is 11.6. The van der Waals surface area contributed by atoms with E-state index >= 15 is 0 Å². The Labute approximate surface area is 171 Å². The molecule has 0 saturated heterocycles. The van der Waals surface area contributed by atoms with Crippen LogP contribution < -0.4 is 14.4 Å². The van der Waals surface area contributed by atoms with Gasteiger partial charge in [-0.05, 0) is 48.0 Å². The summed E-state index contributed by atoms with van der Waals surface area (Å²) in [5, 5.41) is 0. The average Bonchev–Trinajstić information content (AvgIpc) is 2.79. The molecule has 1 heterocycles. The Morgan fingerprint density at radius 3 is 2.21 bits per heavy atom.